The summed E-state index contributed by atoms with van der Waals surface area (Å²) in [6.07, 6.45) is 11.5. The van der Waals surface area contributed by atoms with Gasteiger partial charge in [0.1, 0.15) is 0 Å². The average Bonchev–Trinajstić information content (AvgIpc) is 2.24. The van der Waals surface area contributed by atoms with E-state index in [-0.39, 0.29) is 6.04 Å². The molecule has 0 bridgehead atoms. The van der Waals surface area contributed by atoms with Gasteiger partial charge < -0.3 is 5.73 Å². The van der Waals surface area contributed by atoms with E-state index in [0.29, 0.717) is 6.04 Å². The van der Waals surface area contributed by atoms with Crippen LogP contribution in [-0.4, -0.2) is 23.3 Å². The highest BCUT2D eigenvalue weighted by Crippen LogP contribution is 2.25. The lowest BCUT2D eigenvalue weighted by Crippen LogP contribution is -2.47. The van der Waals surface area contributed by atoms with E-state index < -0.39 is 0 Å². The van der Waals surface area contributed by atoms with Gasteiger partial charge in [0.05, 0.1) is 0 Å². The summed E-state index contributed by atoms with van der Waals surface area (Å²) < 4.78 is 2.30. The van der Waals surface area contributed by atoms with E-state index in [0.717, 1.165) is 19.4 Å². The molecule has 0 aromatic heterocycles. The van der Waals surface area contributed by atoms with Gasteiger partial charge in [-0.05, 0) is 31.8 Å². The normalized spacial score (nSPS) is 28.6. The summed E-state index contributed by atoms with van der Waals surface area (Å²) >= 11 is 0. The Labute approximate surface area is 102 Å². The number of piperidine rings is 1. The summed E-state index contributed by atoms with van der Waals surface area (Å²) in [6.45, 7) is 6.92. The largest absolute Gasteiger partial charge is 0.326 e. The summed E-state index contributed by atoms with van der Waals surface area (Å²) in [5.74, 6) is 0. The first-order valence-electron chi connectivity index (χ1n) is 5.90. The number of nitrogens with zero attached hydrogens (tertiary/aromatic N) is 1. The van der Waals surface area contributed by atoms with E-state index in [1.807, 2.05) is 13.0 Å². The lowest BCUT2D eigenvalue weighted by atomic mass is 9.93. The third-order valence-corrected chi connectivity index (χ3v) is 3.67. The lowest BCUT2D eigenvalue weighted by molar-refractivity contribution is 0.239. The van der Waals surface area contributed by atoms with Crippen molar-refractivity contribution in [3.63, 3.8) is 0 Å². The molecule has 0 aromatic rings. The molecular weight excluding hydrogens is 215 g/mol. The molecular formula is C13H23N2P. The number of hydrogen-bond donors (Lipinski definition) is 1. The van der Waals surface area contributed by atoms with Gasteiger partial charge in [-0.1, -0.05) is 40.3 Å². The second-order valence-electron chi connectivity index (χ2n) is 4.29. The standard InChI is InChI=1S/C13H23N2P/c1-3-6-11(7-4-2)10-13-12(14)8-5-9-15(13)16/h3-4,6-7,12-13H,1,5,8-10,14,16H2,2H3/b7-4-,11-6+/t12-,13-/m0/s1. The van der Waals surface area contributed by atoms with Gasteiger partial charge in [0, 0.05) is 18.6 Å². The summed E-state index contributed by atoms with van der Waals surface area (Å²) in [5, 5.41) is 0. The lowest BCUT2D eigenvalue weighted by Gasteiger charge is -2.37. The Morgan fingerprint density at radius 2 is 2.38 bits per heavy atom. The smallest absolute Gasteiger partial charge is 0.0321 e. The molecule has 16 heavy (non-hydrogen) atoms. The Hall–Kier alpha value is -0.430. The fraction of sp³-hybridized carbons (Fsp3) is 0.538. The predicted molar refractivity (Wildman–Crippen MR) is 75.1 cm³/mol. The van der Waals surface area contributed by atoms with Crippen molar-refractivity contribution in [1.29, 1.82) is 0 Å². The Kier molecular flexibility index (Phi) is 5.97. The molecule has 0 aromatic carbocycles. The summed E-state index contributed by atoms with van der Waals surface area (Å²) in [4.78, 5) is 0. The quantitative estimate of drug-likeness (QED) is 0.602. The highest BCUT2D eigenvalue weighted by molar-refractivity contribution is 7.13. The molecule has 1 aliphatic rings. The van der Waals surface area contributed by atoms with Crippen molar-refractivity contribution in [2.45, 2.75) is 38.3 Å². The number of rotatable bonds is 4. The number of allylic oxidation sites excluding steroid dienone is 4. The van der Waals surface area contributed by atoms with Crippen molar-refractivity contribution < 1.29 is 0 Å². The first kappa shape index (κ1) is 13.6. The van der Waals surface area contributed by atoms with Gasteiger partial charge in [-0.2, -0.15) is 0 Å². The predicted octanol–water partition coefficient (Wildman–Crippen LogP) is 2.65. The van der Waals surface area contributed by atoms with E-state index in [1.165, 1.54) is 12.0 Å². The zero-order chi connectivity index (χ0) is 12.0. The minimum absolute atomic E-state index is 0.282. The van der Waals surface area contributed by atoms with Crippen LogP contribution in [-0.2, 0) is 0 Å². The van der Waals surface area contributed by atoms with E-state index in [9.17, 15) is 0 Å². The van der Waals surface area contributed by atoms with Crippen LogP contribution in [0.3, 0.4) is 0 Å². The van der Waals surface area contributed by atoms with Crippen LogP contribution in [0.1, 0.15) is 26.2 Å². The minimum Gasteiger partial charge on any atom is -0.326 e. The molecule has 3 heteroatoms. The summed E-state index contributed by atoms with van der Waals surface area (Å²) in [6, 6.07) is 0.714. The zero-order valence-electron chi connectivity index (χ0n) is 10.1. The molecule has 90 valence electrons. The van der Waals surface area contributed by atoms with Crippen molar-refractivity contribution in [2.75, 3.05) is 6.54 Å². The molecule has 3 atom stereocenters. The van der Waals surface area contributed by atoms with E-state index in [2.05, 4.69) is 38.9 Å². The fourth-order valence-electron chi connectivity index (χ4n) is 2.18. The molecule has 1 saturated heterocycles. The molecule has 2 N–H and O–H groups in total. The molecule has 0 spiro atoms. The Morgan fingerprint density at radius 1 is 1.62 bits per heavy atom. The van der Waals surface area contributed by atoms with Gasteiger partial charge >= 0.3 is 0 Å². The molecule has 0 aliphatic carbocycles. The van der Waals surface area contributed by atoms with Crippen LogP contribution in [0, 0.1) is 0 Å². The third kappa shape index (κ3) is 3.86. The van der Waals surface area contributed by atoms with Gasteiger partial charge in [0.2, 0.25) is 0 Å². The van der Waals surface area contributed by atoms with Crippen LogP contribution in [0.5, 0.6) is 0 Å². The Morgan fingerprint density at radius 3 is 2.94 bits per heavy atom. The second-order valence-corrected chi connectivity index (χ2v) is 4.96. The first-order chi connectivity index (χ1) is 7.69. The molecule has 0 amide bonds. The zero-order valence-corrected chi connectivity index (χ0v) is 11.3. The molecule has 1 fully saturated rings. The van der Waals surface area contributed by atoms with Gasteiger partial charge in [-0.25, -0.2) is 0 Å². The minimum atomic E-state index is 0.282. The van der Waals surface area contributed by atoms with Crippen molar-refractivity contribution in [3.8, 4) is 0 Å². The number of nitrogens with two attached hydrogens (primary N) is 1. The van der Waals surface area contributed by atoms with Crippen LogP contribution < -0.4 is 5.73 Å². The van der Waals surface area contributed by atoms with Gasteiger partial charge in [0.15, 0.2) is 0 Å². The van der Waals surface area contributed by atoms with Crippen LogP contribution in [0.15, 0.2) is 36.5 Å². The topological polar surface area (TPSA) is 29.3 Å². The van der Waals surface area contributed by atoms with Crippen molar-refractivity contribution >= 4 is 9.39 Å². The Bertz CT molecular complexity index is 274. The highest BCUT2D eigenvalue weighted by atomic mass is 31.0. The SMILES string of the molecule is C=C/C=C(\C=C/C)C[C@H]1[C@@H](N)CCCN1P. The van der Waals surface area contributed by atoms with E-state index in [1.54, 1.807) is 0 Å². The van der Waals surface area contributed by atoms with Crippen molar-refractivity contribution in [3.05, 3.63) is 36.5 Å². The van der Waals surface area contributed by atoms with Crippen LogP contribution >= 0.6 is 9.39 Å². The maximum Gasteiger partial charge on any atom is 0.0321 e. The van der Waals surface area contributed by atoms with Gasteiger partial charge in [-0.3, -0.25) is 4.67 Å². The van der Waals surface area contributed by atoms with Gasteiger partial charge in [0.25, 0.3) is 0 Å². The van der Waals surface area contributed by atoms with Crippen LogP contribution in [0.2, 0.25) is 0 Å². The van der Waals surface area contributed by atoms with Gasteiger partial charge in [-0.15, -0.1) is 0 Å². The molecule has 1 unspecified atom stereocenters. The van der Waals surface area contributed by atoms with E-state index in [4.69, 9.17) is 5.73 Å². The molecule has 1 heterocycles. The maximum absolute atomic E-state index is 6.18. The number of hydrogen-bond acceptors (Lipinski definition) is 2. The van der Waals surface area contributed by atoms with E-state index >= 15 is 0 Å². The summed E-state index contributed by atoms with van der Waals surface area (Å²) in [7, 11) is 2.81. The Balaban J connectivity index is 2.68. The molecule has 1 rings (SSSR count). The monoisotopic (exact) mass is 238 g/mol. The van der Waals surface area contributed by atoms with Crippen molar-refractivity contribution in [2.24, 2.45) is 5.73 Å². The third-order valence-electron chi connectivity index (χ3n) is 3.03. The van der Waals surface area contributed by atoms with Crippen LogP contribution in [0.25, 0.3) is 0 Å². The summed E-state index contributed by atoms with van der Waals surface area (Å²) in [5.41, 5.74) is 7.48. The highest BCUT2D eigenvalue weighted by Gasteiger charge is 2.26. The molecule has 0 radical (unpaired) electrons. The molecule has 0 saturated carbocycles. The first-order valence-corrected chi connectivity index (χ1v) is 6.42. The fourth-order valence-corrected chi connectivity index (χ4v) is 2.69. The van der Waals surface area contributed by atoms with Crippen molar-refractivity contribution in [1.82, 2.24) is 4.67 Å². The van der Waals surface area contributed by atoms with Crippen LogP contribution in [0.4, 0.5) is 0 Å². The second kappa shape index (κ2) is 7.01. The molecule has 2 nitrogen and oxygen atoms in total. The maximum atomic E-state index is 6.18. The molecule has 1 aliphatic heterocycles. The average molecular weight is 238 g/mol.